The van der Waals surface area contributed by atoms with Gasteiger partial charge < -0.3 is 4.74 Å². The van der Waals surface area contributed by atoms with Gasteiger partial charge in [-0.25, -0.2) is 0 Å². The van der Waals surface area contributed by atoms with Gasteiger partial charge in [-0.15, -0.1) is 0 Å². The smallest absolute Gasteiger partial charge is 0.308 e. The van der Waals surface area contributed by atoms with Gasteiger partial charge in [0.15, 0.2) is 0 Å². The number of rotatable bonds is 7. The summed E-state index contributed by atoms with van der Waals surface area (Å²) in [5.74, 6) is 0.00196. The fraction of sp³-hybridized carbons (Fsp3) is 0.909. The largest absolute Gasteiger partial charge is 0.469 e. The van der Waals surface area contributed by atoms with Crippen LogP contribution in [-0.2, 0) is 9.53 Å². The van der Waals surface area contributed by atoms with E-state index in [9.17, 15) is 4.79 Å². The van der Waals surface area contributed by atoms with Gasteiger partial charge in [0.2, 0.25) is 0 Å². The molecule has 13 heavy (non-hydrogen) atoms. The Morgan fingerprint density at radius 3 is 2.38 bits per heavy atom. The van der Waals surface area contributed by atoms with Crippen molar-refractivity contribution < 1.29 is 9.53 Å². The lowest BCUT2D eigenvalue weighted by molar-refractivity contribution is -0.145. The highest BCUT2D eigenvalue weighted by Crippen LogP contribution is 2.12. The number of carbonyl (C=O) groups is 1. The van der Waals surface area contributed by atoms with E-state index in [1.165, 1.54) is 32.8 Å². The van der Waals surface area contributed by atoms with Crippen LogP contribution < -0.4 is 0 Å². The van der Waals surface area contributed by atoms with Crippen LogP contribution in [0.25, 0.3) is 0 Å². The molecule has 1 atom stereocenters. The number of esters is 1. The summed E-state index contributed by atoms with van der Waals surface area (Å²) in [7, 11) is 1.45. The third kappa shape index (κ3) is 6.62. The summed E-state index contributed by atoms with van der Waals surface area (Å²) in [5, 5.41) is 0. The Morgan fingerprint density at radius 2 is 1.85 bits per heavy atom. The van der Waals surface area contributed by atoms with Crippen LogP contribution in [0.4, 0.5) is 0 Å². The predicted octanol–water partition coefficient (Wildman–Crippen LogP) is 3.16. The molecular formula is C11H22O2. The second kappa shape index (κ2) is 8.09. The first kappa shape index (κ1) is 12.5. The molecule has 0 bridgehead atoms. The normalized spacial score (nSPS) is 12.5. The van der Waals surface area contributed by atoms with Crippen molar-refractivity contribution in [3.05, 3.63) is 0 Å². The van der Waals surface area contributed by atoms with E-state index in [1.807, 2.05) is 6.92 Å². The minimum absolute atomic E-state index is 0.0736. The van der Waals surface area contributed by atoms with Crippen LogP contribution in [0.15, 0.2) is 0 Å². The Balaban J connectivity index is 3.26. The van der Waals surface area contributed by atoms with E-state index in [-0.39, 0.29) is 11.9 Å². The molecule has 0 fully saturated rings. The summed E-state index contributed by atoms with van der Waals surface area (Å²) in [6.07, 6.45) is 7.24. The molecule has 0 saturated heterocycles. The standard InChI is InChI=1S/C11H22O2/c1-4-5-6-7-8-9-10(2)11(12)13-3/h10H,4-9H2,1-3H3/t10-/m1/s1. The third-order valence-corrected chi connectivity index (χ3v) is 2.34. The average Bonchev–Trinajstić information content (AvgIpc) is 2.16. The Kier molecular flexibility index (Phi) is 7.76. The molecule has 0 spiro atoms. The van der Waals surface area contributed by atoms with E-state index in [0.29, 0.717) is 0 Å². The predicted molar refractivity (Wildman–Crippen MR) is 54.6 cm³/mol. The van der Waals surface area contributed by atoms with E-state index in [4.69, 9.17) is 0 Å². The first-order valence-electron chi connectivity index (χ1n) is 5.30. The maximum absolute atomic E-state index is 11.0. The Bertz CT molecular complexity index is 132. The molecule has 2 nitrogen and oxygen atoms in total. The maximum Gasteiger partial charge on any atom is 0.308 e. The number of hydrogen-bond donors (Lipinski definition) is 0. The summed E-state index contributed by atoms with van der Waals surface area (Å²) < 4.78 is 4.65. The van der Waals surface area contributed by atoms with Crippen LogP contribution in [0.1, 0.15) is 52.4 Å². The lowest BCUT2D eigenvalue weighted by atomic mass is 10.0. The van der Waals surface area contributed by atoms with Gasteiger partial charge in [0, 0.05) is 0 Å². The molecular weight excluding hydrogens is 164 g/mol. The molecule has 0 aromatic heterocycles. The number of unbranched alkanes of at least 4 members (excludes halogenated alkanes) is 4. The van der Waals surface area contributed by atoms with Gasteiger partial charge in [-0.1, -0.05) is 46.0 Å². The lowest BCUT2D eigenvalue weighted by Crippen LogP contribution is -2.12. The first-order valence-corrected chi connectivity index (χ1v) is 5.30. The van der Waals surface area contributed by atoms with Crippen molar-refractivity contribution in [2.24, 2.45) is 5.92 Å². The minimum Gasteiger partial charge on any atom is -0.469 e. The van der Waals surface area contributed by atoms with Crippen molar-refractivity contribution in [3.63, 3.8) is 0 Å². The lowest BCUT2D eigenvalue weighted by Gasteiger charge is -2.07. The van der Waals surface area contributed by atoms with Gasteiger partial charge in [-0.05, 0) is 6.42 Å². The van der Waals surface area contributed by atoms with E-state index in [2.05, 4.69) is 11.7 Å². The Labute approximate surface area is 81.7 Å². The molecule has 0 heterocycles. The molecule has 0 aliphatic rings. The molecule has 0 amide bonds. The maximum atomic E-state index is 11.0. The summed E-state index contributed by atoms with van der Waals surface area (Å²) in [4.78, 5) is 11.0. The molecule has 0 unspecified atom stereocenters. The van der Waals surface area contributed by atoms with Crippen LogP contribution >= 0.6 is 0 Å². The van der Waals surface area contributed by atoms with E-state index in [0.717, 1.165) is 12.8 Å². The van der Waals surface area contributed by atoms with Crippen LogP contribution in [0.2, 0.25) is 0 Å². The molecule has 0 saturated carbocycles. The number of methoxy groups -OCH3 is 1. The molecule has 0 aliphatic carbocycles. The van der Waals surface area contributed by atoms with Gasteiger partial charge >= 0.3 is 5.97 Å². The number of carbonyl (C=O) groups excluding carboxylic acids is 1. The van der Waals surface area contributed by atoms with Gasteiger partial charge in [-0.3, -0.25) is 4.79 Å². The second-order valence-corrected chi connectivity index (χ2v) is 3.63. The molecule has 2 heteroatoms. The van der Waals surface area contributed by atoms with Crippen LogP contribution in [0.3, 0.4) is 0 Å². The molecule has 0 radical (unpaired) electrons. The fourth-order valence-electron chi connectivity index (χ4n) is 1.37. The zero-order valence-corrected chi connectivity index (χ0v) is 9.14. The van der Waals surface area contributed by atoms with Crippen molar-refractivity contribution >= 4 is 5.97 Å². The monoisotopic (exact) mass is 186 g/mol. The topological polar surface area (TPSA) is 26.3 Å². The Morgan fingerprint density at radius 1 is 1.23 bits per heavy atom. The van der Waals surface area contributed by atoms with Crippen LogP contribution in [-0.4, -0.2) is 13.1 Å². The van der Waals surface area contributed by atoms with E-state index >= 15 is 0 Å². The summed E-state index contributed by atoms with van der Waals surface area (Å²) in [5.41, 5.74) is 0. The first-order chi connectivity index (χ1) is 6.22. The minimum atomic E-state index is -0.0736. The van der Waals surface area contributed by atoms with Gasteiger partial charge in [0.1, 0.15) is 0 Å². The SMILES string of the molecule is CCCCCCC[C@@H](C)C(=O)OC. The molecule has 0 aliphatic heterocycles. The highest BCUT2D eigenvalue weighted by atomic mass is 16.5. The average molecular weight is 186 g/mol. The van der Waals surface area contributed by atoms with Crippen molar-refractivity contribution in [3.8, 4) is 0 Å². The van der Waals surface area contributed by atoms with E-state index in [1.54, 1.807) is 0 Å². The zero-order chi connectivity index (χ0) is 10.1. The van der Waals surface area contributed by atoms with Gasteiger partial charge in [0.05, 0.1) is 13.0 Å². The molecule has 0 rings (SSSR count). The summed E-state index contributed by atoms with van der Waals surface area (Å²) in [6, 6.07) is 0. The summed E-state index contributed by atoms with van der Waals surface area (Å²) in [6.45, 7) is 4.14. The van der Waals surface area contributed by atoms with Gasteiger partial charge in [-0.2, -0.15) is 0 Å². The van der Waals surface area contributed by atoms with E-state index < -0.39 is 0 Å². The second-order valence-electron chi connectivity index (χ2n) is 3.63. The Hall–Kier alpha value is -0.530. The van der Waals surface area contributed by atoms with Crippen molar-refractivity contribution in [1.82, 2.24) is 0 Å². The fourth-order valence-corrected chi connectivity index (χ4v) is 1.37. The highest BCUT2D eigenvalue weighted by Gasteiger charge is 2.11. The quantitative estimate of drug-likeness (QED) is 0.451. The number of ether oxygens (including phenoxy) is 1. The van der Waals surface area contributed by atoms with Crippen molar-refractivity contribution in [1.29, 1.82) is 0 Å². The van der Waals surface area contributed by atoms with Crippen molar-refractivity contribution in [2.45, 2.75) is 52.4 Å². The molecule has 0 aromatic carbocycles. The van der Waals surface area contributed by atoms with Crippen molar-refractivity contribution in [2.75, 3.05) is 7.11 Å². The molecule has 0 aromatic rings. The molecule has 0 N–H and O–H groups in total. The van der Waals surface area contributed by atoms with Crippen LogP contribution in [0, 0.1) is 5.92 Å². The van der Waals surface area contributed by atoms with Gasteiger partial charge in [0.25, 0.3) is 0 Å². The highest BCUT2D eigenvalue weighted by molar-refractivity contribution is 5.71. The third-order valence-electron chi connectivity index (χ3n) is 2.34. The van der Waals surface area contributed by atoms with Crippen LogP contribution in [0.5, 0.6) is 0 Å². The zero-order valence-electron chi connectivity index (χ0n) is 9.14. The number of hydrogen-bond acceptors (Lipinski definition) is 2. The molecule has 78 valence electrons. The summed E-state index contributed by atoms with van der Waals surface area (Å²) >= 11 is 0.